The molecule has 15 heavy (non-hydrogen) atoms. The second-order valence-electron chi connectivity index (χ2n) is 4.35. The van der Waals surface area contributed by atoms with Gasteiger partial charge in [0.15, 0.2) is 0 Å². The molecule has 4 nitrogen and oxygen atoms in total. The first-order valence-electron chi connectivity index (χ1n) is 5.50. The van der Waals surface area contributed by atoms with Crippen molar-refractivity contribution in [1.29, 1.82) is 0 Å². The van der Waals surface area contributed by atoms with Crippen LogP contribution in [0.3, 0.4) is 0 Å². The fourth-order valence-electron chi connectivity index (χ4n) is 2.18. The smallest absolute Gasteiger partial charge is 0.229 e. The van der Waals surface area contributed by atoms with Crippen LogP contribution in [-0.2, 0) is 9.53 Å². The molecule has 0 radical (unpaired) electrons. The summed E-state index contributed by atoms with van der Waals surface area (Å²) in [6.07, 6.45) is 4.62. The summed E-state index contributed by atoms with van der Waals surface area (Å²) in [6, 6.07) is 0.242. The van der Waals surface area contributed by atoms with E-state index in [9.17, 15) is 4.79 Å². The average molecular weight is 210 g/mol. The van der Waals surface area contributed by atoms with Crippen molar-refractivity contribution in [1.82, 2.24) is 4.90 Å². The van der Waals surface area contributed by atoms with E-state index in [4.69, 9.17) is 10.5 Å². The maximum absolute atomic E-state index is 12.1. The first-order chi connectivity index (χ1) is 7.18. The molecule has 0 bridgehead atoms. The maximum atomic E-state index is 12.1. The van der Waals surface area contributed by atoms with Crippen LogP contribution in [0.4, 0.5) is 0 Å². The molecule has 1 amide bonds. The molecule has 4 heteroatoms. The molecule has 1 saturated heterocycles. The van der Waals surface area contributed by atoms with E-state index in [1.807, 2.05) is 24.0 Å². The molecule has 0 saturated carbocycles. The summed E-state index contributed by atoms with van der Waals surface area (Å²) in [4.78, 5) is 14.0. The van der Waals surface area contributed by atoms with Crippen molar-refractivity contribution in [2.45, 2.75) is 25.4 Å². The maximum Gasteiger partial charge on any atom is 0.229 e. The Balaban J connectivity index is 1.98. The lowest BCUT2D eigenvalue weighted by Gasteiger charge is -2.34. The van der Waals surface area contributed by atoms with E-state index in [1.165, 1.54) is 0 Å². The van der Waals surface area contributed by atoms with Crippen LogP contribution < -0.4 is 5.73 Å². The molecule has 2 N–H and O–H groups in total. The topological polar surface area (TPSA) is 55.6 Å². The third kappa shape index (κ3) is 2.21. The quantitative estimate of drug-likeness (QED) is 0.626. The predicted molar refractivity (Wildman–Crippen MR) is 57.2 cm³/mol. The van der Waals surface area contributed by atoms with Crippen molar-refractivity contribution in [3.05, 3.63) is 12.2 Å². The molecule has 1 aliphatic carbocycles. The molecule has 2 unspecified atom stereocenters. The predicted octanol–water partition coefficient (Wildman–Crippen LogP) is 0.137. The summed E-state index contributed by atoms with van der Waals surface area (Å²) in [5.41, 5.74) is 5.74. The molecule has 1 heterocycles. The Morgan fingerprint density at radius 1 is 1.53 bits per heavy atom. The van der Waals surface area contributed by atoms with Crippen LogP contribution in [0.1, 0.15) is 13.3 Å². The van der Waals surface area contributed by atoms with Gasteiger partial charge in [0.25, 0.3) is 0 Å². The van der Waals surface area contributed by atoms with Crippen LogP contribution in [0, 0.1) is 5.92 Å². The number of hydrogen-bond donors (Lipinski definition) is 1. The summed E-state index contributed by atoms with van der Waals surface area (Å²) in [6.45, 7) is 4.03. The van der Waals surface area contributed by atoms with Gasteiger partial charge in [0.05, 0.1) is 25.2 Å². The largest absolute Gasteiger partial charge is 0.377 e. The Hall–Kier alpha value is -0.870. The number of ether oxygens (including phenoxy) is 1. The molecule has 2 aliphatic rings. The van der Waals surface area contributed by atoms with Gasteiger partial charge in [-0.05, 0) is 13.3 Å². The van der Waals surface area contributed by atoms with Crippen molar-refractivity contribution in [3.8, 4) is 0 Å². The number of nitrogens with two attached hydrogens (primary N) is 1. The fourth-order valence-corrected chi connectivity index (χ4v) is 2.18. The van der Waals surface area contributed by atoms with Gasteiger partial charge in [-0.2, -0.15) is 0 Å². The minimum atomic E-state index is -0.0134. The van der Waals surface area contributed by atoms with Crippen molar-refractivity contribution in [2.75, 3.05) is 19.8 Å². The Morgan fingerprint density at radius 2 is 2.33 bits per heavy atom. The van der Waals surface area contributed by atoms with Crippen molar-refractivity contribution < 1.29 is 9.53 Å². The monoisotopic (exact) mass is 210 g/mol. The highest BCUT2D eigenvalue weighted by atomic mass is 16.5. The van der Waals surface area contributed by atoms with Gasteiger partial charge in [-0.3, -0.25) is 4.79 Å². The minimum Gasteiger partial charge on any atom is -0.377 e. The summed E-state index contributed by atoms with van der Waals surface area (Å²) in [5, 5.41) is 0. The number of morpholine rings is 1. The van der Waals surface area contributed by atoms with E-state index in [-0.39, 0.29) is 23.9 Å². The van der Waals surface area contributed by atoms with Crippen LogP contribution in [0.2, 0.25) is 0 Å². The zero-order valence-corrected chi connectivity index (χ0v) is 9.06. The van der Waals surface area contributed by atoms with Gasteiger partial charge in [0, 0.05) is 12.6 Å². The van der Waals surface area contributed by atoms with Gasteiger partial charge in [-0.15, -0.1) is 0 Å². The second kappa shape index (κ2) is 4.33. The second-order valence-corrected chi connectivity index (χ2v) is 4.35. The molecule has 1 aliphatic heterocycles. The molecule has 2 rings (SSSR count). The standard InChI is InChI=1S/C11H18N2O2/c1-8-7-15-5-4-13(8)11(14)9-2-3-10(12)6-9/h2-3,8-10H,4-7,12H2,1H3/t8-,9?,10?/m1/s1. The molecular formula is C11H18N2O2. The number of hydrogen-bond acceptors (Lipinski definition) is 3. The summed E-state index contributed by atoms with van der Waals surface area (Å²) < 4.78 is 5.31. The van der Waals surface area contributed by atoms with Crippen LogP contribution in [0.5, 0.6) is 0 Å². The fraction of sp³-hybridized carbons (Fsp3) is 0.727. The van der Waals surface area contributed by atoms with Gasteiger partial charge in [-0.25, -0.2) is 0 Å². The van der Waals surface area contributed by atoms with Crippen LogP contribution >= 0.6 is 0 Å². The zero-order valence-electron chi connectivity index (χ0n) is 9.06. The van der Waals surface area contributed by atoms with Crippen molar-refractivity contribution >= 4 is 5.91 Å². The number of carbonyl (C=O) groups excluding carboxylic acids is 1. The van der Waals surface area contributed by atoms with Gasteiger partial charge in [-0.1, -0.05) is 12.2 Å². The van der Waals surface area contributed by atoms with E-state index in [0.29, 0.717) is 19.8 Å². The van der Waals surface area contributed by atoms with E-state index in [0.717, 1.165) is 6.42 Å². The third-order valence-corrected chi connectivity index (χ3v) is 3.08. The van der Waals surface area contributed by atoms with Gasteiger partial charge >= 0.3 is 0 Å². The Labute approximate surface area is 90.1 Å². The zero-order chi connectivity index (χ0) is 10.8. The van der Waals surface area contributed by atoms with Gasteiger partial charge < -0.3 is 15.4 Å². The molecule has 84 valence electrons. The van der Waals surface area contributed by atoms with Crippen LogP contribution in [0.25, 0.3) is 0 Å². The first-order valence-corrected chi connectivity index (χ1v) is 5.50. The first kappa shape index (κ1) is 10.6. The number of carbonyl (C=O) groups is 1. The normalized spacial score (nSPS) is 35.9. The molecule has 0 aromatic rings. The van der Waals surface area contributed by atoms with Crippen molar-refractivity contribution in [3.63, 3.8) is 0 Å². The lowest BCUT2D eigenvalue weighted by atomic mass is 10.0. The van der Waals surface area contributed by atoms with Gasteiger partial charge in [0.2, 0.25) is 5.91 Å². The van der Waals surface area contributed by atoms with Crippen molar-refractivity contribution in [2.24, 2.45) is 11.7 Å². The van der Waals surface area contributed by atoms with E-state index >= 15 is 0 Å². The van der Waals surface area contributed by atoms with Crippen LogP contribution in [0.15, 0.2) is 12.2 Å². The highest BCUT2D eigenvalue weighted by Crippen LogP contribution is 2.21. The molecule has 0 spiro atoms. The molecular weight excluding hydrogens is 192 g/mol. The highest BCUT2D eigenvalue weighted by Gasteiger charge is 2.31. The molecule has 3 atom stereocenters. The minimum absolute atomic E-state index is 0.0134. The molecule has 0 aromatic carbocycles. The van der Waals surface area contributed by atoms with E-state index in [1.54, 1.807) is 0 Å². The summed E-state index contributed by atoms with van der Waals surface area (Å²) in [5.74, 6) is 0.190. The highest BCUT2D eigenvalue weighted by molar-refractivity contribution is 5.81. The average Bonchev–Trinajstić information content (AvgIpc) is 2.65. The van der Waals surface area contributed by atoms with E-state index < -0.39 is 0 Å². The Morgan fingerprint density at radius 3 is 2.93 bits per heavy atom. The lowest BCUT2D eigenvalue weighted by molar-refractivity contribution is -0.142. The summed E-state index contributed by atoms with van der Waals surface area (Å²) in [7, 11) is 0. The van der Waals surface area contributed by atoms with Gasteiger partial charge in [0.1, 0.15) is 0 Å². The third-order valence-electron chi connectivity index (χ3n) is 3.08. The molecule has 1 fully saturated rings. The number of nitrogens with zero attached hydrogens (tertiary/aromatic N) is 1. The van der Waals surface area contributed by atoms with Crippen LogP contribution in [-0.4, -0.2) is 42.6 Å². The number of rotatable bonds is 1. The lowest BCUT2D eigenvalue weighted by Crippen LogP contribution is -2.49. The SMILES string of the molecule is C[C@@H]1COCCN1C(=O)C1C=CC(N)C1. The Bertz CT molecular complexity index is 278. The number of amides is 1. The molecule has 0 aromatic heterocycles. The van der Waals surface area contributed by atoms with E-state index in [2.05, 4.69) is 0 Å². The summed E-state index contributed by atoms with van der Waals surface area (Å²) >= 11 is 0. The Kier molecular flexibility index (Phi) is 3.07.